The van der Waals surface area contributed by atoms with E-state index in [0.29, 0.717) is 37.8 Å². The molecular weight excluding hydrogens is 380 g/mol. The van der Waals surface area contributed by atoms with Crippen LogP contribution < -0.4 is 15.4 Å². The molecule has 1 aliphatic rings. The minimum absolute atomic E-state index is 0.0386. The first-order valence-corrected chi connectivity index (χ1v) is 10.5. The summed E-state index contributed by atoms with van der Waals surface area (Å²) in [5, 5.41) is 6.37. The van der Waals surface area contributed by atoms with E-state index in [1.807, 2.05) is 40.8 Å². The van der Waals surface area contributed by atoms with Crippen LogP contribution in [0.4, 0.5) is 4.79 Å². The topological polar surface area (TPSA) is 83.8 Å². The van der Waals surface area contributed by atoms with E-state index in [9.17, 15) is 4.79 Å². The van der Waals surface area contributed by atoms with Crippen LogP contribution in [0.5, 0.6) is 5.88 Å². The lowest BCUT2D eigenvalue weighted by atomic mass is 10.0. The van der Waals surface area contributed by atoms with E-state index in [-0.39, 0.29) is 12.1 Å². The van der Waals surface area contributed by atoms with Gasteiger partial charge in [-0.2, -0.15) is 0 Å². The molecule has 1 atom stereocenters. The van der Waals surface area contributed by atoms with Gasteiger partial charge in [0, 0.05) is 43.8 Å². The average molecular weight is 409 g/mol. The molecule has 0 fully saturated rings. The highest BCUT2D eigenvalue weighted by molar-refractivity contribution is 5.75. The number of hydrogen-bond donors (Lipinski definition) is 2. The molecule has 30 heavy (non-hydrogen) atoms. The monoisotopic (exact) mass is 408 g/mol. The van der Waals surface area contributed by atoms with Crippen molar-refractivity contribution in [1.82, 2.24) is 29.9 Å². The number of aromatic nitrogens is 3. The maximum Gasteiger partial charge on any atom is 0.317 e. The number of nitrogens with one attached hydrogen (secondary N) is 2. The molecule has 0 aliphatic carbocycles. The Bertz CT molecular complexity index is 1020. The molecule has 3 aromatic rings. The van der Waals surface area contributed by atoms with Crippen molar-refractivity contribution in [2.45, 2.75) is 26.3 Å². The third kappa shape index (κ3) is 4.23. The van der Waals surface area contributed by atoms with Crippen LogP contribution in [0, 0.1) is 0 Å². The van der Waals surface area contributed by atoms with E-state index >= 15 is 0 Å². The highest BCUT2D eigenvalue weighted by Crippen LogP contribution is 2.27. The molecule has 0 unspecified atom stereocenters. The summed E-state index contributed by atoms with van der Waals surface area (Å²) in [5.74, 6) is 0.522. The predicted molar refractivity (Wildman–Crippen MR) is 116 cm³/mol. The van der Waals surface area contributed by atoms with Crippen LogP contribution in [-0.4, -0.2) is 58.1 Å². The van der Waals surface area contributed by atoms with Gasteiger partial charge in [-0.15, -0.1) is 0 Å². The molecule has 1 aromatic carbocycles. The van der Waals surface area contributed by atoms with E-state index in [1.165, 1.54) is 0 Å². The number of hydrogen-bond acceptors (Lipinski definition) is 5. The second-order valence-electron chi connectivity index (χ2n) is 7.36. The van der Waals surface area contributed by atoms with Crippen molar-refractivity contribution < 1.29 is 9.53 Å². The van der Waals surface area contributed by atoms with Crippen molar-refractivity contribution >= 4 is 11.7 Å². The lowest BCUT2D eigenvalue weighted by Crippen LogP contribution is -2.42. The molecule has 2 aromatic heterocycles. The summed E-state index contributed by atoms with van der Waals surface area (Å²) in [4.78, 5) is 23.7. The molecular formula is C22H28N6O2. The number of benzene rings is 1. The first-order chi connectivity index (χ1) is 14.7. The van der Waals surface area contributed by atoms with E-state index in [4.69, 9.17) is 9.72 Å². The van der Waals surface area contributed by atoms with Crippen LogP contribution in [0.25, 0.3) is 16.9 Å². The molecule has 8 nitrogen and oxygen atoms in total. The van der Waals surface area contributed by atoms with Crippen LogP contribution in [-0.2, 0) is 0 Å². The third-order valence-electron chi connectivity index (χ3n) is 5.40. The second-order valence-corrected chi connectivity index (χ2v) is 7.36. The van der Waals surface area contributed by atoms with Crippen molar-refractivity contribution in [2.24, 2.45) is 0 Å². The summed E-state index contributed by atoms with van der Waals surface area (Å²) in [7, 11) is 0. The predicted octanol–water partition coefficient (Wildman–Crippen LogP) is 2.86. The van der Waals surface area contributed by atoms with Gasteiger partial charge in [-0.05, 0) is 38.4 Å². The van der Waals surface area contributed by atoms with E-state index in [2.05, 4.69) is 34.7 Å². The first-order valence-electron chi connectivity index (χ1n) is 10.5. The maximum absolute atomic E-state index is 12.7. The van der Waals surface area contributed by atoms with Crippen LogP contribution in [0.1, 0.15) is 31.9 Å². The Morgan fingerprint density at radius 3 is 3.03 bits per heavy atom. The summed E-state index contributed by atoms with van der Waals surface area (Å²) in [6.07, 6.45) is 6.44. The van der Waals surface area contributed by atoms with E-state index in [1.54, 1.807) is 6.20 Å². The highest BCUT2D eigenvalue weighted by atomic mass is 16.5. The molecule has 158 valence electrons. The van der Waals surface area contributed by atoms with Crippen LogP contribution >= 0.6 is 0 Å². The number of carbonyl (C=O) groups is 1. The van der Waals surface area contributed by atoms with Crippen molar-refractivity contribution in [3.05, 3.63) is 48.4 Å². The lowest BCUT2D eigenvalue weighted by molar-refractivity contribution is 0.183. The normalized spacial score (nSPS) is 18.5. The molecule has 3 heterocycles. The Balaban J connectivity index is 1.74. The van der Waals surface area contributed by atoms with Gasteiger partial charge >= 0.3 is 6.03 Å². The fourth-order valence-electron chi connectivity index (χ4n) is 3.73. The zero-order valence-electron chi connectivity index (χ0n) is 17.5. The Labute approximate surface area is 176 Å². The number of ether oxygens (including phenoxy) is 1. The summed E-state index contributed by atoms with van der Waals surface area (Å²) in [5.41, 5.74) is 3.53. The van der Waals surface area contributed by atoms with Gasteiger partial charge in [0.1, 0.15) is 6.61 Å². The number of amides is 2. The quantitative estimate of drug-likeness (QED) is 0.647. The van der Waals surface area contributed by atoms with Gasteiger partial charge in [0.2, 0.25) is 5.65 Å². The Hall–Kier alpha value is -3.13. The number of nitrogens with zero attached hydrogens (tertiary/aromatic N) is 4. The van der Waals surface area contributed by atoms with Crippen LogP contribution in [0.2, 0.25) is 0 Å². The molecule has 0 saturated carbocycles. The number of carbonyl (C=O) groups excluding carboxylic acids is 1. The average Bonchev–Trinajstić information content (AvgIpc) is 3.24. The first kappa shape index (κ1) is 20.2. The number of urea groups is 1. The molecule has 0 saturated heterocycles. The zero-order valence-corrected chi connectivity index (χ0v) is 17.5. The fraction of sp³-hybridized carbons (Fsp3) is 0.409. The van der Waals surface area contributed by atoms with Crippen LogP contribution in [0.3, 0.4) is 0 Å². The maximum atomic E-state index is 12.7. The molecule has 8 heteroatoms. The molecule has 1 aliphatic heterocycles. The van der Waals surface area contributed by atoms with Crippen molar-refractivity contribution in [3.63, 3.8) is 0 Å². The smallest absolute Gasteiger partial charge is 0.317 e. The number of fused-ring (bicyclic) bond motifs is 7. The summed E-state index contributed by atoms with van der Waals surface area (Å²) in [6, 6.07) is 8.08. The molecule has 4 bridgehead atoms. The van der Waals surface area contributed by atoms with Gasteiger partial charge in [0.15, 0.2) is 0 Å². The lowest BCUT2D eigenvalue weighted by Gasteiger charge is -2.29. The zero-order chi connectivity index (χ0) is 20.9. The number of imidazole rings is 1. The highest BCUT2D eigenvalue weighted by Gasteiger charge is 2.20. The third-order valence-corrected chi connectivity index (χ3v) is 5.40. The minimum Gasteiger partial charge on any atom is -0.474 e. The summed E-state index contributed by atoms with van der Waals surface area (Å²) in [6.45, 7) is 7.31. The molecule has 4 rings (SSSR count). The Kier molecular flexibility index (Phi) is 6.13. The second kappa shape index (κ2) is 9.13. The van der Waals surface area contributed by atoms with Gasteiger partial charge in [-0.1, -0.05) is 18.2 Å². The Morgan fingerprint density at radius 1 is 1.27 bits per heavy atom. The van der Waals surface area contributed by atoms with Gasteiger partial charge in [-0.3, -0.25) is 0 Å². The Morgan fingerprint density at radius 2 is 2.17 bits per heavy atom. The minimum atomic E-state index is -0.0588. The molecule has 0 spiro atoms. The van der Waals surface area contributed by atoms with E-state index < -0.39 is 0 Å². The largest absolute Gasteiger partial charge is 0.474 e. The molecule has 2 amide bonds. The summed E-state index contributed by atoms with van der Waals surface area (Å²) < 4.78 is 7.88. The fourth-order valence-corrected chi connectivity index (χ4v) is 3.73. The van der Waals surface area contributed by atoms with Crippen LogP contribution in [0.15, 0.2) is 42.9 Å². The van der Waals surface area contributed by atoms with E-state index in [0.717, 1.165) is 29.8 Å². The number of rotatable bonds is 1. The van der Waals surface area contributed by atoms with Gasteiger partial charge in [-0.25, -0.2) is 14.8 Å². The van der Waals surface area contributed by atoms with Crippen molar-refractivity contribution in [3.8, 4) is 17.1 Å². The summed E-state index contributed by atoms with van der Waals surface area (Å²) >= 11 is 0. The van der Waals surface area contributed by atoms with Gasteiger partial charge in [0.05, 0.1) is 11.7 Å². The van der Waals surface area contributed by atoms with Crippen molar-refractivity contribution in [1.29, 1.82) is 0 Å². The van der Waals surface area contributed by atoms with Gasteiger partial charge in [0.25, 0.3) is 5.88 Å². The SMILES string of the molecule is CCN1C(=O)NCCCNCCOc2nc(cn3ccnc23)-c2cccc(c2)[C@H]1C. The molecule has 2 N–H and O–H groups in total. The van der Waals surface area contributed by atoms with Crippen molar-refractivity contribution in [2.75, 3.05) is 32.8 Å². The molecule has 0 radical (unpaired) electrons. The standard InChI is InChI=1S/C22H28N6O2/c1-3-28-16(2)17-6-4-7-18(14-17)19-15-27-12-10-24-20(27)21(26-19)30-13-11-23-8-5-9-25-22(28)29/h4,6-7,10,12,14-16,23H,3,5,8-9,11,13H2,1-2H3,(H,25,29)/t16-/m1/s1. The van der Waals surface area contributed by atoms with Gasteiger partial charge < -0.3 is 24.7 Å².